The van der Waals surface area contributed by atoms with E-state index in [2.05, 4.69) is 22.1 Å². The molecule has 2 saturated heterocycles. The van der Waals surface area contributed by atoms with E-state index in [-0.39, 0.29) is 0 Å². The van der Waals surface area contributed by atoms with Crippen LogP contribution >= 0.6 is 0 Å². The number of piperidine rings is 1. The predicted octanol–water partition coefficient (Wildman–Crippen LogP) is 3.13. The summed E-state index contributed by atoms with van der Waals surface area (Å²) < 4.78 is 30.2. The maximum Gasteiger partial charge on any atom is 0.243 e. The average molecular weight is 362 g/mol. The van der Waals surface area contributed by atoms with E-state index in [9.17, 15) is 8.42 Å². The van der Waals surface area contributed by atoms with Crippen LogP contribution < -0.4 is 5.32 Å². The van der Waals surface area contributed by atoms with E-state index >= 15 is 0 Å². The van der Waals surface area contributed by atoms with Gasteiger partial charge in [-0.15, -0.1) is 0 Å². The Hall–Kier alpha value is -1.37. The number of hydrogen-bond acceptors (Lipinski definition) is 3. The third-order valence-corrected chi connectivity index (χ3v) is 7.49. The second-order valence-electron chi connectivity index (χ2n) is 7.24. The molecule has 1 N–H and O–H groups in total. The summed E-state index contributed by atoms with van der Waals surface area (Å²) in [5.74, 6) is 0. The van der Waals surface area contributed by atoms with Crippen molar-refractivity contribution >= 4 is 20.9 Å². The van der Waals surface area contributed by atoms with Crippen molar-refractivity contribution in [3.05, 3.63) is 30.5 Å². The highest BCUT2D eigenvalue weighted by atomic mass is 32.2. The number of fused-ring (bicyclic) bond motifs is 1. The summed E-state index contributed by atoms with van der Waals surface area (Å²) >= 11 is 0. The lowest BCUT2D eigenvalue weighted by molar-refractivity contribution is 0.376. The molecule has 0 spiro atoms. The summed E-state index contributed by atoms with van der Waals surface area (Å²) in [5, 5.41) is 4.51. The van der Waals surface area contributed by atoms with Crippen LogP contribution in [0, 0.1) is 0 Å². The lowest BCUT2D eigenvalue weighted by Crippen LogP contribution is -2.32. The first-order valence-corrected chi connectivity index (χ1v) is 10.9. The molecule has 136 valence electrons. The Morgan fingerprint density at radius 2 is 1.68 bits per heavy atom. The first-order valence-electron chi connectivity index (χ1n) is 9.48. The molecule has 0 bridgehead atoms. The van der Waals surface area contributed by atoms with Gasteiger partial charge < -0.3 is 9.88 Å². The van der Waals surface area contributed by atoms with Crippen molar-refractivity contribution in [2.75, 3.05) is 26.2 Å². The van der Waals surface area contributed by atoms with Gasteiger partial charge in [-0.2, -0.15) is 4.31 Å². The summed E-state index contributed by atoms with van der Waals surface area (Å²) in [4.78, 5) is 0.441. The maximum atomic E-state index is 13.1. The lowest BCUT2D eigenvalue weighted by Gasteiger charge is -2.25. The number of benzene rings is 1. The maximum absolute atomic E-state index is 13.1. The monoisotopic (exact) mass is 361 g/mol. The number of nitrogens with one attached hydrogen (secondary N) is 1. The third kappa shape index (κ3) is 3.35. The molecule has 0 atom stereocenters. The van der Waals surface area contributed by atoms with Gasteiger partial charge in [0.1, 0.15) is 0 Å². The van der Waals surface area contributed by atoms with Gasteiger partial charge in [-0.25, -0.2) is 8.42 Å². The van der Waals surface area contributed by atoms with Crippen LogP contribution in [0.4, 0.5) is 0 Å². The zero-order valence-corrected chi connectivity index (χ0v) is 15.5. The summed E-state index contributed by atoms with van der Waals surface area (Å²) in [5.41, 5.74) is 1.04. The minimum Gasteiger partial charge on any atom is -0.344 e. The van der Waals surface area contributed by atoms with E-state index in [1.165, 1.54) is 0 Å². The fraction of sp³-hybridized carbons (Fsp3) is 0.579. The fourth-order valence-corrected chi connectivity index (χ4v) is 5.66. The standard InChI is InChI=1S/C19H27N3O2S/c23-25(24,21-12-3-1-2-4-13-21)18-6-5-16-9-14-22(19(16)15-18)17-7-10-20-11-8-17/h5-6,9,14-15,17,20H,1-4,7-8,10-13H2. The minimum atomic E-state index is -3.39. The zero-order chi connectivity index (χ0) is 17.3. The van der Waals surface area contributed by atoms with Gasteiger partial charge in [0.05, 0.1) is 4.90 Å². The van der Waals surface area contributed by atoms with E-state index in [1.807, 2.05) is 12.1 Å². The summed E-state index contributed by atoms with van der Waals surface area (Å²) in [6.07, 6.45) is 8.48. The van der Waals surface area contributed by atoms with Crippen molar-refractivity contribution < 1.29 is 8.42 Å². The zero-order valence-electron chi connectivity index (χ0n) is 14.7. The first-order chi connectivity index (χ1) is 12.2. The molecule has 4 rings (SSSR count). The Bertz CT molecular complexity index is 829. The second-order valence-corrected chi connectivity index (χ2v) is 9.18. The number of nitrogens with zero attached hydrogens (tertiary/aromatic N) is 2. The molecule has 0 unspecified atom stereocenters. The van der Waals surface area contributed by atoms with Crippen LogP contribution in [0.1, 0.15) is 44.6 Å². The van der Waals surface area contributed by atoms with E-state index in [0.29, 0.717) is 24.0 Å². The van der Waals surface area contributed by atoms with E-state index < -0.39 is 10.0 Å². The molecule has 0 saturated carbocycles. The van der Waals surface area contributed by atoms with Crippen molar-refractivity contribution in [1.82, 2.24) is 14.2 Å². The Balaban J connectivity index is 1.70. The summed E-state index contributed by atoms with van der Waals surface area (Å²) in [7, 11) is -3.39. The van der Waals surface area contributed by atoms with Crippen LogP contribution in [0.25, 0.3) is 10.9 Å². The van der Waals surface area contributed by atoms with Gasteiger partial charge in [0.25, 0.3) is 0 Å². The van der Waals surface area contributed by atoms with Crippen LogP contribution in [0.15, 0.2) is 35.4 Å². The average Bonchev–Trinajstić information content (AvgIpc) is 2.86. The first kappa shape index (κ1) is 17.1. The quantitative estimate of drug-likeness (QED) is 0.914. The molecule has 1 aromatic carbocycles. The highest BCUT2D eigenvalue weighted by Gasteiger charge is 2.26. The van der Waals surface area contributed by atoms with Gasteiger partial charge >= 0.3 is 0 Å². The molecule has 2 aromatic rings. The highest BCUT2D eigenvalue weighted by Crippen LogP contribution is 2.29. The van der Waals surface area contributed by atoms with Gasteiger partial charge in [-0.3, -0.25) is 0 Å². The van der Waals surface area contributed by atoms with Crippen LogP contribution in [0.2, 0.25) is 0 Å². The number of hydrogen-bond donors (Lipinski definition) is 1. The van der Waals surface area contributed by atoms with Gasteiger partial charge in [0.2, 0.25) is 10.0 Å². The molecular weight excluding hydrogens is 334 g/mol. The SMILES string of the molecule is O=S(=O)(c1ccc2ccn(C3CCNCC3)c2c1)N1CCCCCC1. The molecule has 0 amide bonds. The minimum absolute atomic E-state index is 0.441. The van der Waals surface area contributed by atoms with Gasteiger partial charge in [-0.1, -0.05) is 18.9 Å². The molecule has 3 heterocycles. The van der Waals surface area contributed by atoms with Crippen molar-refractivity contribution in [2.24, 2.45) is 0 Å². The second kappa shape index (κ2) is 7.09. The van der Waals surface area contributed by atoms with Crippen LogP contribution in [0.3, 0.4) is 0 Å². The predicted molar refractivity (Wildman–Crippen MR) is 100 cm³/mol. The highest BCUT2D eigenvalue weighted by molar-refractivity contribution is 7.89. The van der Waals surface area contributed by atoms with Crippen LogP contribution in [-0.2, 0) is 10.0 Å². The van der Waals surface area contributed by atoms with Crippen molar-refractivity contribution in [1.29, 1.82) is 0 Å². The molecule has 0 radical (unpaired) electrons. The Labute approximate surface area is 150 Å². The summed E-state index contributed by atoms with van der Waals surface area (Å²) in [6.45, 7) is 3.34. The van der Waals surface area contributed by atoms with Crippen molar-refractivity contribution in [3.8, 4) is 0 Å². The number of sulfonamides is 1. The van der Waals surface area contributed by atoms with Gasteiger partial charge in [0, 0.05) is 30.8 Å². The molecule has 1 aromatic heterocycles. The van der Waals surface area contributed by atoms with Crippen LogP contribution in [0.5, 0.6) is 0 Å². The Kier molecular flexibility index (Phi) is 4.84. The molecule has 5 nitrogen and oxygen atoms in total. The van der Waals surface area contributed by atoms with Gasteiger partial charge in [-0.05, 0) is 62.4 Å². The molecular formula is C19H27N3O2S. The lowest BCUT2D eigenvalue weighted by atomic mass is 10.1. The van der Waals surface area contributed by atoms with E-state index in [4.69, 9.17) is 0 Å². The normalized spacial score (nSPS) is 21.4. The third-order valence-electron chi connectivity index (χ3n) is 5.60. The van der Waals surface area contributed by atoms with Crippen molar-refractivity contribution in [3.63, 3.8) is 0 Å². The smallest absolute Gasteiger partial charge is 0.243 e. The molecule has 6 heteroatoms. The number of rotatable bonds is 3. The van der Waals surface area contributed by atoms with E-state index in [0.717, 1.165) is 62.5 Å². The molecule has 2 aliphatic heterocycles. The molecule has 2 aliphatic rings. The summed E-state index contributed by atoms with van der Waals surface area (Å²) in [6, 6.07) is 8.17. The van der Waals surface area contributed by atoms with Crippen molar-refractivity contribution in [2.45, 2.75) is 49.5 Å². The molecule has 0 aliphatic carbocycles. The largest absolute Gasteiger partial charge is 0.344 e. The molecule has 2 fully saturated rings. The Morgan fingerprint density at radius 1 is 0.960 bits per heavy atom. The topological polar surface area (TPSA) is 54.3 Å². The number of aromatic nitrogens is 1. The van der Waals surface area contributed by atoms with Crippen LogP contribution in [-0.4, -0.2) is 43.5 Å². The fourth-order valence-electron chi connectivity index (χ4n) is 4.12. The van der Waals surface area contributed by atoms with Gasteiger partial charge in [0.15, 0.2) is 0 Å². The molecule has 25 heavy (non-hydrogen) atoms. The van der Waals surface area contributed by atoms with E-state index in [1.54, 1.807) is 10.4 Å². The Morgan fingerprint density at radius 3 is 2.40 bits per heavy atom.